The molecule has 1 rings (SSSR count). The van der Waals surface area contributed by atoms with Crippen LogP contribution in [-0.2, 0) is 12.7 Å². The second kappa shape index (κ2) is 4.54. The van der Waals surface area contributed by atoms with E-state index in [0.29, 0.717) is 12.2 Å². The second-order valence-corrected chi connectivity index (χ2v) is 3.14. The van der Waals surface area contributed by atoms with Crippen LogP contribution >= 0.6 is 0 Å². The molecule has 0 bridgehead atoms. The van der Waals surface area contributed by atoms with Crippen molar-refractivity contribution >= 4 is 0 Å². The molecule has 7 heteroatoms. The van der Waals surface area contributed by atoms with Crippen LogP contribution in [0.4, 0.5) is 13.2 Å². The normalized spacial score (nSPS) is 12.1. The van der Waals surface area contributed by atoms with Crippen molar-refractivity contribution in [3.63, 3.8) is 0 Å². The molecule has 1 aromatic heterocycles. The lowest BCUT2D eigenvalue weighted by molar-refractivity contribution is -0.141. The summed E-state index contributed by atoms with van der Waals surface area (Å²) in [5.41, 5.74) is 2.35. The van der Waals surface area contributed by atoms with Crippen LogP contribution in [0.2, 0.25) is 0 Å². The Bertz CT molecular complexity index is 307. The lowest BCUT2D eigenvalue weighted by Gasteiger charge is -2.11. The standard InChI is InChI=1S/C8H11F3N4/c1-15(2)12-5-6-3-4-7(14-13-6)8(9,10)11/h3-4,12H,5H2,1-2H3. The average molecular weight is 220 g/mol. The fraction of sp³-hybridized carbons (Fsp3) is 0.500. The van der Waals surface area contributed by atoms with E-state index in [2.05, 4.69) is 15.6 Å². The third kappa shape index (κ3) is 3.80. The molecule has 0 fully saturated rings. The van der Waals surface area contributed by atoms with E-state index in [4.69, 9.17) is 0 Å². The van der Waals surface area contributed by atoms with E-state index in [1.165, 1.54) is 6.07 Å². The van der Waals surface area contributed by atoms with Crippen LogP contribution in [0, 0.1) is 0 Å². The molecule has 1 N–H and O–H groups in total. The van der Waals surface area contributed by atoms with Gasteiger partial charge < -0.3 is 0 Å². The molecule has 15 heavy (non-hydrogen) atoms. The van der Waals surface area contributed by atoms with Crippen molar-refractivity contribution in [1.29, 1.82) is 0 Å². The first-order valence-electron chi connectivity index (χ1n) is 4.20. The van der Waals surface area contributed by atoms with Crippen molar-refractivity contribution in [2.75, 3.05) is 14.1 Å². The van der Waals surface area contributed by atoms with Crippen molar-refractivity contribution < 1.29 is 13.2 Å². The van der Waals surface area contributed by atoms with Gasteiger partial charge in [0.1, 0.15) is 0 Å². The molecule has 84 valence electrons. The Labute approximate surface area is 85.1 Å². The highest BCUT2D eigenvalue weighted by Gasteiger charge is 2.32. The fourth-order valence-electron chi connectivity index (χ4n) is 0.844. The van der Waals surface area contributed by atoms with Crippen LogP contribution in [0.15, 0.2) is 12.1 Å². The molecule has 0 aliphatic heterocycles. The summed E-state index contributed by atoms with van der Waals surface area (Å²) in [5, 5.41) is 8.23. The molecule has 0 unspecified atom stereocenters. The highest BCUT2D eigenvalue weighted by atomic mass is 19.4. The maximum atomic E-state index is 12.1. The Morgan fingerprint density at radius 1 is 1.27 bits per heavy atom. The van der Waals surface area contributed by atoms with Gasteiger partial charge in [-0.05, 0) is 12.1 Å². The largest absolute Gasteiger partial charge is 0.435 e. The first kappa shape index (κ1) is 11.9. The molecule has 1 aromatic rings. The maximum absolute atomic E-state index is 12.1. The summed E-state index contributed by atoms with van der Waals surface area (Å²) in [5.74, 6) is 0. The summed E-state index contributed by atoms with van der Waals surface area (Å²) in [6, 6.07) is 2.21. The Hall–Kier alpha value is -1.21. The summed E-state index contributed by atoms with van der Waals surface area (Å²) < 4.78 is 36.3. The molecule has 0 radical (unpaired) electrons. The minimum absolute atomic E-state index is 0.345. The van der Waals surface area contributed by atoms with Gasteiger partial charge in [0.05, 0.1) is 12.2 Å². The van der Waals surface area contributed by atoms with E-state index in [-0.39, 0.29) is 0 Å². The van der Waals surface area contributed by atoms with Crippen LogP contribution in [0.1, 0.15) is 11.4 Å². The van der Waals surface area contributed by atoms with Crippen LogP contribution in [0.3, 0.4) is 0 Å². The predicted octanol–water partition coefficient (Wildman–Crippen LogP) is 1.06. The first-order chi connectivity index (χ1) is 6.89. The quantitative estimate of drug-likeness (QED) is 0.773. The van der Waals surface area contributed by atoms with Crippen molar-refractivity contribution in [3.8, 4) is 0 Å². The molecular weight excluding hydrogens is 209 g/mol. The lowest BCUT2D eigenvalue weighted by Crippen LogP contribution is -2.30. The summed E-state index contributed by atoms with van der Waals surface area (Å²) in [6.07, 6.45) is -4.43. The van der Waals surface area contributed by atoms with Crippen LogP contribution in [-0.4, -0.2) is 29.3 Å². The number of nitrogens with zero attached hydrogens (tertiary/aromatic N) is 3. The van der Waals surface area contributed by atoms with Gasteiger partial charge in [-0.25, -0.2) is 5.43 Å². The Morgan fingerprint density at radius 2 is 1.93 bits per heavy atom. The minimum atomic E-state index is -4.43. The number of nitrogens with one attached hydrogen (secondary N) is 1. The van der Waals surface area contributed by atoms with Crippen molar-refractivity contribution in [3.05, 3.63) is 23.5 Å². The van der Waals surface area contributed by atoms with Gasteiger partial charge in [0.25, 0.3) is 0 Å². The number of halogens is 3. The van der Waals surface area contributed by atoms with Crippen molar-refractivity contribution in [1.82, 2.24) is 20.6 Å². The molecule has 1 heterocycles. The van der Waals surface area contributed by atoms with Gasteiger partial charge >= 0.3 is 6.18 Å². The summed E-state index contributed by atoms with van der Waals surface area (Å²) >= 11 is 0. The maximum Gasteiger partial charge on any atom is 0.435 e. The highest BCUT2D eigenvalue weighted by Crippen LogP contribution is 2.26. The minimum Gasteiger partial charge on any atom is -0.250 e. The Balaban J connectivity index is 2.65. The molecule has 0 spiro atoms. The van der Waals surface area contributed by atoms with Crippen molar-refractivity contribution in [2.24, 2.45) is 0 Å². The third-order valence-corrected chi connectivity index (χ3v) is 1.59. The average Bonchev–Trinajstić information content (AvgIpc) is 2.14. The highest BCUT2D eigenvalue weighted by molar-refractivity contribution is 5.09. The molecule has 0 saturated heterocycles. The third-order valence-electron chi connectivity index (χ3n) is 1.59. The number of hydrogen-bond donors (Lipinski definition) is 1. The van der Waals surface area contributed by atoms with Gasteiger partial charge in [-0.3, -0.25) is 5.01 Å². The van der Waals surface area contributed by atoms with E-state index in [9.17, 15) is 13.2 Å². The predicted molar refractivity (Wildman–Crippen MR) is 47.6 cm³/mol. The van der Waals surface area contributed by atoms with Gasteiger partial charge in [-0.1, -0.05) is 0 Å². The van der Waals surface area contributed by atoms with E-state index in [1.807, 2.05) is 0 Å². The van der Waals surface area contributed by atoms with Crippen LogP contribution in [0.5, 0.6) is 0 Å². The van der Waals surface area contributed by atoms with Crippen LogP contribution < -0.4 is 5.43 Å². The number of aromatic nitrogens is 2. The second-order valence-electron chi connectivity index (χ2n) is 3.14. The van der Waals surface area contributed by atoms with Gasteiger partial charge in [0.15, 0.2) is 5.69 Å². The zero-order valence-corrected chi connectivity index (χ0v) is 8.34. The molecular formula is C8H11F3N4. The Kier molecular flexibility index (Phi) is 3.59. The molecule has 0 aliphatic rings. The van der Waals surface area contributed by atoms with Gasteiger partial charge in [0.2, 0.25) is 0 Å². The summed E-state index contributed by atoms with van der Waals surface area (Å²) in [7, 11) is 3.55. The fourth-order valence-corrected chi connectivity index (χ4v) is 0.844. The van der Waals surface area contributed by atoms with Gasteiger partial charge in [-0.15, -0.1) is 5.10 Å². The monoisotopic (exact) mass is 220 g/mol. The number of alkyl halides is 3. The summed E-state index contributed by atoms with van der Waals surface area (Å²) in [4.78, 5) is 0. The SMILES string of the molecule is CN(C)NCc1ccc(C(F)(F)F)nn1. The van der Waals surface area contributed by atoms with Crippen LogP contribution in [0.25, 0.3) is 0 Å². The Morgan fingerprint density at radius 3 is 2.33 bits per heavy atom. The zero-order chi connectivity index (χ0) is 11.5. The first-order valence-corrected chi connectivity index (χ1v) is 4.20. The molecule has 0 aliphatic carbocycles. The smallest absolute Gasteiger partial charge is 0.250 e. The molecule has 0 amide bonds. The summed E-state index contributed by atoms with van der Waals surface area (Å²) in [6.45, 7) is 0.345. The number of hydrogen-bond acceptors (Lipinski definition) is 4. The molecule has 0 saturated carbocycles. The van der Waals surface area contributed by atoms with Gasteiger partial charge in [-0.2, -0.15) is 18.3 Å². The van der Waals surface area contributed by atoms with E-state index < -0.39 is 11.9 Å². The molecule has 4 nitrogen and oxygen atoms in total. The topological polar surface area (TPSA) is 41.0 Å². The molecule has 0 aromatic carbocycles. The van der Waals surface area contributed by atoms with Crippen molar-refractivity contribution in [2.45, 2.75) is 12.7 Å². The van der Waals surface area contributed by atoms with E-state index >= 15 is 0 Å². The zero-order valence-electron chi connectivity index (χ0n) is 8.34. The van der Waals surface area contributed by atoms with Gasteiger partial charge in [0, 0.05) is 14.1 Å². The number of hydrazine groups is 1. The molecule has 0 atom stereocenters. The van der Waals surface area contributed by atoms with E-state index in [1.54, 1.807) is 19.1 Å². The van der Waals surface area contributed by atoms with E-state index in [0.717, 1.165) is 6.07 Å². The lowest BCUT2D eigenvalue weighted by atomic mass is 10.3. The number of rotatable bonds is 3.